The van der Waals surface area contributed by atoms with E-state index >= 15 is 0 Å². The molecule has 4 heteroatoms. The highest BCUT2D eigenvalue weighted by Crippen LogP contribution is 2.39. The Morgan fingerprint density at radius 2 is 1.82 bits per heavy atom. The second-order valence-electron chi connectivity index (χ2n) is 7.27. The first-order chi connectivity index (χ1) is 10.7. The molecular weight excluding hydrogens is 274 g/mol. The molecule has 2 atom stereocenters. The predicted octanol–water partition coefficient (Wildman–Crippen LogP) is 3.08. The summed E-state index contributed by atoms with van der Waals surface area (Å²) in [5, 5.41) is 0. The molecule has 1 aromatic rings. The van der Waals surface area contributed by atoms with E-state index in [1.165, 1.54) is 38.5 Å². The summed E-state index contributed by atoms with van der Waals surface area (Å²) in [5.74, 6) is 1.97. The molecule has 0 aromatic carbocycles. The second-order valence-corrected chi connectivity index (χ2v) is 7.27. The van der Waals surface area contributed by atoms with E-state index in [9.17, 15) is 4.79 Å². The summed E-state index contributed by atoms with van der Waals surface area (Å²) in [5.41, 5.74) is 0.759. The summed E-state index contributed by atoms with van der Waals surface area (Å²) in [6.45, 7) is 4.50. The van der Waals surface area contributed by atoms with Gasteiger partial charge in [0.05, 0.1) is 5.56 Å². The number of hydrogen-bond acceptors (Lipinski definition) is 3. The Balaban J connectivity index is 1.51. The van der Waals surface area contributed by atoms with Gasteiger partial charge < -0.3 is 9.80 Å². The van der Waals surface area contributed by atoms with Gasteiger partial charge in [-0.3, -0.25) is 4.79 Å². The third-order valence-corrected chi connectivity index (χ3v) is 5.63. The van der Waals surface area contributed by atoms with Crippen molar-refractivity contribution in [2.45, 2.75) is 57.5 Å². The Kier molecular flexibility index (Phi) is 3.55. The fourth-order valence-electron chi connectivity index (χ4n) is 4.58. The number of hydrogen-bond donors (Lipinski definition) is 0. The van der Waals surface area contributed by atoms with Crippen LogP contribution in [-0.4, -0.2) is 41.0 Å². The van der Waals surface area contributed by atoms with Crippen molar-refractivity contribution in [1.82, 2.24) is 9.88 Å². The van der Waals surface area contributed by atoms with Crippen LogP contribution in [0.1, 0.15) is 55.8 Å². The molecule has 118 valence electrons. The maximum Gasteiger partial charge on any atom is 0.255 e. The zero-order chi connectivity index (χ0) is 15.1. The minimum Gasteiger partial charge on any atom is -0.357 e. The van der Waals surface area contributed by atoms with Crippen molar-refractivity contribution in [3.63, 3.8) is 0 Å². The lowest BCUT2D eigenvalue weighted by Gasteiger charge is -2.38. The lowest BCUT2D eigenvalue weighted by atomic mass is 9.92. The van der Waals surface area contributed by atoms with Crippen LogP contribution in [0.5, 0.6) is 0 Å². The Hall–Kier alpha value is -1.58. The monoisotopic (exact) mass is 299 g/mol. The summed E-state index contributed by atoms with van der Waals surface area (Å²) in [6.07, 6.45) is 8.98. The van der Waals surface area contributed by atoms with Crippen LogP contribution in [0.4, 0.5) is 5.82 Å². The van der Waals surface area contributed by atoms with Crippen LogP contribution in [0.15, 0.2) is 18.3 Å². The van der Waals surface area contributed by atoms with Crippen LogP contribution in [0.2, 0.25) is 0 Å². The van der Waals surface area contributed by atoms with Gasteiger partial charge in [0.2, 0.25) is 0 Å². The molecule has 3 fully saturated rings. The Morgan fingerprint density at radius 3 is 2.41 bits per heavy atom. The van der Waals surface area contributed by atoms with Crippen molar-refractivity contribution in [3.8, 4) is 0 Å². The van der Waals surface area contributed by atoms with Crippen molar-refractivity contribution in [2.24, 2.45) is 5.92 Å². The topological polar surface area (TPSA) is 36.4 Å². The van der Waals surface area contributed by atoms with E-state index in [1.807, 2.05) is 12.1 Å². The van der Waals surface area contributed by atoms with Crippen LogP contribution < -0.4 is 4.90 Å². The van der Waals surface area contributed by atoms with Gasteiger partial charge in [-0.1, -0.05) is 6.92 Å². The predicted molar refractivity (Wildman–Crippen MR) is 87.1 cm³/mol. The molecule has 1 amide bonds. The van der Waals surface area contributed by atoms with E-state index in [2.05, 4.69) is 21.7 Å². The number of anilines is 1. The van der Waals surface area contributed by atoms with Crippen LogP contribution >= 0.6 is 0 Å². The van der Waals surface area contributed by atoms with Gasteiger partial charge in [0.25, 0.3) is 5.91 Å². The van der Waals surface area contributed by atoms with Crippen molar-refractivity contribution < 1.29 is 4.79 Å². The number of pyridine rings is 1. The van der Waals surface area contributed by atoms with Gasteiger partial charge >= 0.3 is 0 Å². The average molecular weight is 299 g/mol. The second kappa shape index (κ2) is 5.56. The number of rotatable bonds is 2. The third-order valence-electron chi connectivity index (χ3n) is 5.63. The molecule has 2 bridgehead atoms. The number of fused-ring (bicyclic) bond motifs is 2. The standard InChI is InChI=1S/C18H25N3O/c1-13-10-15-5-6-16(11-13)21(15)18(22)14-4-7-17(19-12-14)20-8-2-3-9-20/h4,7,12-13,15-16H,2-3,5-6,8-11H2,1H3. The SMILES string of the molecule is CC1CC2CCC(C1)N2C(=O)c1ccc(N2CCCC2)nc1. The van der Waals surface area contributed by atoms with Gasteiger partial charge in [0.15, 0.2) is 0 Å². The van der Waals surface area contributed by atoms with Gasteiger partial charge in [-0.05, 0) is 56.6 Å². The molecule has 3 saturated heterocycles. The first kappa shape index (κ1) is 14.0. The van der Waals surface area contributed by atoms with Crippen LogP contribution in [0.25, 0.3) is 0 Å². The Labute approximate surface area is 132 Å². The van der Waals surface area contributed by atoms with E-state index in [0.717, 1.165) is 30.4 Å². The van der Waals surface area contributed by atoms with Crippen molar-refractivity contribution in [3.05, 3.63) is 23.9 Å². The molecule has 2 unspecified atom stereocenters. The molecular formula is C18H25N3O. The average Bonchev–Trinajstić information content (AvgIpc) is 3.14. The third kappa shape index (κ3) is 2.38. The molecule has 0 saturated carbocycles. The molecule has 3 aliphatic rings. The molecule has 4 heterocycles. The largest absolute Gasteiger partial charge is 0.357 e. The smallest absolute Gasteiger partial charge is 0.255 e. The summed E-state index contributed by atoms with van der Waals surface area (Å²) < 4.78 is 0. The summed E-state index contributed by atoms with van der Waals surface area (Å²) >= 11 is 0. The van der Waals surface area contributed by atoms with Crippen molar-refractivity contribution in [2.75, 3.05) is 18.0 Å². The summed E-state index contributed by atoms with van der Waals surface area (Å²) in [6, 6.07) is 4.91. The maximum atomic E-state index is 12.9. The molecule has 0 N–H and O–H groups in total. The van der Waals surface area contributed by atoms with Crippen LogP contribution in [0, 0.1) is 5.92 Å². The van der Waals surface area contributed by atoms with Crippen molar-refractivity contribution in [1.29, 1.82) is 0 Å². The fraction of sp³-hybridized carbons (Fsp3) is 0.667. The first-order valence-corrected chi connectivity index (χ1v) is 8.76. The van der Waals surface area contributed by atoms with Gasteiger partial charge in [-0.2, -0.15) is 0 Å². The fourth-order valence-corrected chi connectivity index (χ4v) is 4.58. The molecule has 22 heavy (non-hydrogen) atoms. The number of aromatic nitrogens is 1. The number of piperidine rings is 1. The lowest BCUT2D eigenvalue weighted by molar-refractivity contribution is 0.0538. The summed E-state index contributed by atoms with van der Waals surface area (Å²) in [4.78, 5) is 21.9. The lowest BCUT2D eigenvalue weighted by Crippen LogP contribution is -2.46. The van der Waals surface area contributed by atoms with Crippen molar-refractivity contribution >= 4 is 11.7 Å². The molecule has 0 aliphatic carbocycles. The zero-order valence-electron chi connectivity index (χ0n) is 13.4. The molecule has 4 rings (SSSR count). The summed E-state index contributed by atoms with van der Waals surface area (Å²) in [7, 11) is 0. The number of amides is 1. The van der Waals surface area contributed by atoms with Crippen LogP contribution in [-0.2, 0) is 0 Å². The van der Waals surface area contributed by atoms with Gasteiger partial charge in [0.1, 0.15) is 5.82 Å². The quantitative estimate of drug-likeness (QED) is 0.842. The highest BCUT2D eigenvalue weighted by atomic mass is 16.2. The van der Waals surface area contributed by atoms with Crippen LogP contribution in [0.3, 0.4) is 0 Å². The van der Waals surface area contributed by atoms with Gasteiger partial charge in [0, 0.05) is 31.4 Å². The molecule has 1 aromatic heterocycles. The van der Waals surface area contributed by atoms with E-state index in [1.54, 1.807) is 6.20 Å². The van der Waals surface area contributed by atoms with E-state index < -0.39 is 0 Å². The molecule has 4 nitrogen and oxygen atoms in total. The van der Waals surface area contributed by atoms with E-state index in [4.69, 9.17) is 0 Å². The highest BCUT2D eigenvalue weighted by molar-refractivity contribution is 5.94. The molecule has 0 radical (unpaired) electrons. The maximum absolute atomic E-state index is 12.9. The zero-order valence-corrected chi connectivity index (χ0v) is 13.4. The molecule has 0 spiro atoms. The highest BCUT2D eigenvalue weighted by Gasteiger charge is 2.42. The minimum absolute atomic E-state index is 0.194. The minimum atomic E-state index is 0.194. The normalized spacial score (nSPS) is 30.9. The Morgan fingerprint density at radius 1 is 1.14 bits per heavy atom. The number of carbonyl (C=O) groups is 1. The van der Waals surface area contributed by atoms with E-state index in [-0.39, 0.29) is 5.91 Å². The number of carbonyl (C=O) groups excluding carboxylic acids is 1. The first-order valence-electron chi connectivity index (χ1n) is 8.76. The number of nitrogens with zero attached hydrogens (tertiary/aromatic N) is 3. The van der Waals surface area contributed by atoms with E-state index in [0.29, 0.717) is 12.1 Å². The molecule has 3 aliphatic heterocycles. The van der Waals surface area contributed by atoms with Gasteiger partial charge in [-0.25, -0.2) is 4.98 Å². The Bertz CT molecular complexity index is 536. The van der Waals surface area contributed by atoms with Gasteiger partial charge in [-0.15, -0.1) is 0 Å².